The molecular weight excluding hydrogens is 341 g/mol. The standard InChI is InChI=1S/C14H18INO2/c1-10(14(18)11-5-3-2-4-6-11)16-12(9-15)7-8-13(16)17/h2-6,10,12,14,18H,7-9H2,1H3/t10-,12+,14-/m1/s1. The summed E-state index contributed by atoms with van der Waals surface area (Å²) in [5.41, 5.74) is 0.872. The molecule has 1 N–H and O–H groups in total. The fraction of sp³-hybridized carbons (Fsp3) is 0.500. The monoisotopic (exact) mass is 359 g/mol. The van der Waals surface area contributed by atoms with Crippen molar-refractivity contribution in [1.82, 2.24) is 4.90 Å². The summed E-state index contributed by atoms with van der Waals surface area (Å²) >= 11 is 2.31. The first-order chi connectivity index (χ1) is 8.65. The Morgan fingerprint density at radius 2 is 2.11 bits per heavy atom. The number of hydrogen-bond acceptors (Lipinski definition) is 2. The number of amides is 1. The normalized spacial score (nSPS) is 23.2. The summed E-state index contributed by atoms with van der Waals surface area (Å²) in [6.07, 6.45) is 0.909. The Hall–Kier alpha value is -0.620. The van der Waals surface area contributed by atoms with Crippen LogP contribution in [0.15, 0.2) is 30.3 Å². The topological polar surface area (TPSA) is 40.5 Å². The van der Waals surface area contributed by atoms with Gasteiger partial charge in [0.1, 0.15) is 0 Å². The predicted molar refractivity (Wildman–Crippen MR) is 79.6 cm³/mol. The van der Waals surface area contributed by atoms with E-state index in [0.29, 0.717) is 6.42 Å². The van der Waals surface area contributed by atoms with Crippen LogP contribution in [0.5, 0.6) is 0 Å². The van der Waals surface area contributed by atoms with Crippen molar-refractivity contribution in [2.45, 2.75) is 38.0 Å². The molecule has 0 saturated carbocycles. The van der Waals surface area contributed by atoms with Gasteiger partial charge in [0.15, 0.2) is 0 Å². The summed E-state index contributed by atoms with van der Waals surface area (Å²) < 4.78 is 0.926. The van der Waals surface area contributed by atoms with Gasteiger partial charge in [-0.15, -0.1) is 0 Å². The Bertz CT molecular complexity index is 410. The first kappa shape index (κ1) is 13.8. The Morgan fingerprint density at radius 1 is 1.44 bits per heavy atom. The van der Waals surface area contributed by atoms with Crippen LogP contribution in [0.1, 0.15) is 31.4 Å². The van der Waals surface area contributed by atoms with Crippen LogP contribution in [0, 0.1) is 0 Å². The average molecular weight is 359 g/mol. The summed E-state index contributed by atoms with van der Waals surface area (Å²) in [5.74, 6) is 0.166. The minimum atomic E-state index is -0.612. The summed E-state index contributed by atoms with van der Waals surface area (Å²) in [7, 11) is 0. The lowest BCUT2D eigenvalue weighted by Gasteiger charge is -2.33. The molecule has 0 aliphatic carbocycles. The lowest BCUT2D eigenvalue weighted by atomic mass is 10.0. The third kappa shape index (κ3) is 2.69. The van der Waals surface area contributed by atoms with Gasteiger partial charge in [-0.2, -0.15) is 0 Å². The number of hydrogen-bond donors (Lipinski definition) is 1. The minimum Gasteiger partial charge on any atom is -0.386 e. The molecule has 0 bridgehead atoms. The highest BCUT2D eigenvalue weighted by molar-refractivity contribution is 14.1. The van der Waals surface area contributed by atoms with E-state index in [1.54, 1.807) is 0 Å². The molecule has 3 atom stereocenters. The summed E-state index contributed by atoms with van der Waals surface area (Å²) in [6.45, 7) is 1.93. The van der Waals surface area contributed by atoms with Gasteiger partial charge in [0.25, 0.3) is 0 Å². The van der Waals surface area contributed by atoms with Crippen molar-refractivity contribution in [3.63, 3.8) is 0 Å². The van der Waals surface area contributed by atoms with E-state index in [0.717, 1.165) is 16.4 Å². The molecule has 1 aliphatic rings. The number of carbonyl (C=O) groups is 1. The number of carbonyl (C=O) groups excluding carboxylic acids is 1. The Balaban J connectivity index is 2.15. The molecule has 3 nitrogen and oxygen atoms in total. The van der Waals surface area contributed by atoms with Gasteiger partial charge in [0, 0.05) is 16.9 Å². The Kier molecular flexibility index (Phi) is 4.61. The highest BCUT2D eigenvalue weighted by Crippen LogP contribution is 2.29. The first-order valence-corrected chi connectivity index (χ1v) is 7.78. The van der Waals surface area contributed by atoms with Crippen molar-refractivity contribution < 1.29 is 9.90 Å². The fourth-order valence-electron chi connectivity index (χ4n) is 2.55. The van der Waals surface area contributed by atoms with Crippen LogP contribution in [0.25, 0.3) is 0 Å². The molecule has 1 aromatic rings. The maximum absolute atomic E-state index is 11.9. The molecule has 0 unspecified atom stereocenters. The summed E-state index contributed by atoms with van der Waals surface area (Å²) in [4.78, 5) is 13.8. The van der Waals surface area contributed by atoms with Crippen LogP contribution in [-0.2, 0) is 4.79 Å². The molecule has 1 aliphatic heterocycles. The largest absolute Gasteiger partial charge is 0.386 e. The number of aliphatic hydroxyl groups is 1. The first-order valence-electron chi connectivity index (χ1n) is 6.25. The van der Waals surface area contributed by atoms with Gasteiger partial charge >= 0.3 is 0 Å². The number of benzene rings is 1. The van der Waals surface area contributed by atoms with E-state index in [-0.39, 0.29) is 18.0 Å². The predicted octanol–water partition coefficient (Wildman–Crippen LogP) is 2.53. The number of alkyl halides is 1. The van der Waals surface area contributed by atoms with Crippen molar-refractivity contribution in [2.75, 3.05) is 4.43 Å². The Morgan fingerprint density at radius 3 is 2.72 bits per heavy atom. The zero-order valence-corrected chi connectivity index (χ0v) is 12.6. The van der Waals surface area contributed by atoms with Gasteiger partial charge in [-0.25, -0.2) is 0 Å². The quantitative estimate of drug-likeness (QED) is 0.663. The fourth-order valence-corrected chi connectivity index (χ4v) is 3.42. The summed E-state index contributed by atoms with van der Waals surface area (Å²) in [6, 6.07) is 9.66. The number of halogens is 1. The number of nitrogens with zero attached hydrogens (tertiary/aromatic N) is 1. The van der Waals surface area contributed by atoms with E-state index in [1.807, 2.05) is 42.2 Å². The van der Waals surface area contributed by atoms with Crippen LogP contribution in [0.2, 0.25) is 0 Å². The van der Waals surface area contributed by atoms with Crippen molar-refractivity contribution in [1.29, 1.82) is 0 Å². The lowest BCUT2D eigenvalue weighted by Crippen LogP contribution is -2.44. The average Bonchev–Trinajstić information content (AvgIpc) is 2.79. The maximum atomic E-state index is 11.9. The van der Waals surface area contributed by atoms with E-state index in [9.17, 15) is 9.90 Å². The smallest absolute Gasteiger partial charge is 0.223 e. The maximum Gasteiger partial charge on any atom is 0.223 e. The van der Waals surface area contributed by atoms with Gasteiger partial charge in [-0.05, 0) is 18.9 Å². The summed E-state index contributed by atoms with van der Waals surface area (Å²) in [5, 5.41) is 10.4. The molecule has 98 valence electrons. The molecular formula is C14H18INO2. The van der Waals surface area contributed by atoms with Crippen molar-refractivity contribution in [3.05, 3.63) is 35.9 Å². The molecule has 1 aromatic carbocycles. The van der Waals surface area contributed by atoms with Gasteiger partial charge in [0.2, 0.25) is 5.91 Å². The van der Waals surface area contributed by atoms with Crippen LogP contribution >= 0.6 is 22.6 Å². The lowest BCUT2D eigenvalue weighted by molar-refractivity contribution is -0.133. The van der Waals surface area contributed by atoms with E-state index >= 15 is 0 Å². The SMILES string of the molecule is C[C@H]([C@@H](O)c1ccccc1)N1C(=O)CC[C@H]1CI. The van der Waals surface area contributed by atoms with Crippen molar-refractivity contribution in [2.24, 2.45) is 0 Å². The second-order valence-corrected chi connectivity index (χ2v) is 5.62. The van der Waals surface area contributed by atoms with Crippen LogP contribution < -0.4 is 0 Å². The van der Waals surface area contributed by atoms with Gasteiger partial charge in [0.05, 0.1) is 12.1 Å². The third-order valence-corrected chi connectivity index (χ3v) is 4.60. The highest BCUT2D eigenvalue weighted by Gasteiger charge is 2.36. The van der Waals surface area contributed by atoms with E-state index in [4.69, 9.17) is 0 Å². The van der Waals surface area contributed by atoms with Crippen LogP contribution in [0.3, 0.4) is 0 Å². The zero-order chi connectivity index (χ0) is 13.1. The minimum absolute atomic E-state index is 0.165. The Labute approximate surface area is 121 Å². The van der Waals surface area contributed by atoms with E-state index < -0.39 is 6.10 Å². The van der Waals surface area contributed by atoms with Gasteiger partial charge < -0.3 is 10.0 Å². The second kappa shape index (κ2) is 6.02. The van der Waals surface area contributed by atoms with E-state index in [2.05, 4.69) is 22.6 Å². The molecule has 0 radical (unpaired) electrons. The molecule has 0 aromatic heterocycles. The molecule has 18 heavy (non-hydrogen) atoms. The van der Waals surface area contributed by atoms with Crippen molar-refractivity contribution >= 4 is 28.5 Å². The number of rotatable bonds is 4. The highest BCUT2D eigenvalue weighted by atomic mass is 127. The second-order valence-electron chi connectivity index (χ2n) is 4.74. The van der Waals surface area contributed by atoms with Gasteiger partial charge in [-0.3, -0.25) is 4.79 Å². The molecule has 1 heterocycles. The number of likely N-dealkylation sites (tertiary alicyclic amines) is 1. The number of aliphatic hydroxyl groups excluding tert-OH is 1. The molecule has 4 heteroatoms. The van der Waals surface area contributed by atoms with E-state index in [1.165, 1.54) is 0 Å². The van der Waals surface area contributed by atoms with Crippen LogP contribution in [-0.4, -0.2) is 32.4 Å². The molecule has 1 fully saturated rings. The van der Waals surface area contributed by atoms with Crippen molar-refractivity contribution in [3.8, 4) is 0 Å². The molecule has 2 rings (SSSR count). The molecule has 1 amide bonds. The molecule has 1 saturated heterocycles. The van der Waals surface area contributed by atoms with Gasteiger partial charge in [-0.1, -0.05) is 52.9 Å². The third-order valence-electron chi connectivity index (χ3n) is 3.59. The van der Waals surface area contributed by atoms with Crippen LogP contribution in [0.4, 0.5) is 0 Å². The molecule has 0 spiro atoms. The zero-order valence-electron chi connectivity index (χ0n) is 10.4.